The third-order valence-corrected chi connectivity index (χ3v) is 15.1. The summed E-state index contributed by atoms with van der Waals surface area (Å²) < 4.78 is 44.2. The average molecular weight is 1270 g/mol. The van der Waals surface area contributed by atoms with E-state index in [0.29, 0.717) is 77.0 Å². The molecular formula is C70H106O20. The van der Waals surface area contributed by atoms with E-state index in [0.717, 1.165) is 115 Å². The maximum absolute atomic E-state index is 15.2. The summed E-state index contributed by atoms with van der Waals surface area (Å²) in [5.74, 6) is -6.84. The standard InChI is InChI=1S/C70H106O20/c1-9-17-25-29-43-55(85-67(77)81-47-33-21-13-5)61(71)51-39-37-41-53(59(51)63(73)57(45-31-27-19-11-3)87-69(79)83-49-35-23-15-7)65(75)89-90-66(76)54-42-38-40-52(62(72)56(44-30-26-18-10-2)86-68(78)82-48-34-22-14-6)60(54)64(74)58(46-32-28-20-12-4)88-70(80)84-50-36-24-16-8/h37-42,55-58H,9-36,43-50H2,1-8H3. The fourth-order valence-corrected chi connectivity index (χ4v) is 9.85. The van der Waals surface area contributed by atoms with Crippen molar-refractivity contribution in [1.82, 2.24) is 0 Å². The predicted molar refractivity (Wildman–Crippen MR) is 339 cm³/mol. The fourth-order valence-electron chi connectivity index (χ4n) is 9.85. The quantitative estimate of drug-likeness (QED) is 0.0149. The highest BCUT2D eigenvalue weighted by molar-refractivity contribution is 6.18. The highest BCUT2D eigenvalue weighted by Crippen LogP contribution is 2.29. The molecule has 0 bridgehead atoms. The lowest BCUT2D eigenvalue weighted by Gasteiger charge is -2.22. The predicted octanol–water partition coefficient (Wildman–Crippen LogP) is 18.1. The second kappa shape index (κ2) is 48.9. The van der Waals surface area contributed by atoms with Crippen LogP contribution in [0.4, 0.5) is 19.2 Å². The van der Waals surface area contributed by atoms with E-state index in [1.165, 1.54) is 24.3 Å². The van der Waals surface area contributed by atoms with E-state index in [4.69, 9.17) is 47.7 Å². The van der Waals surface area contributed by atoms with E-state index in [-0.39, 0.29) is 52.1 Å². The van der Waals surface area contributed by atoms with Crippen LogP contribution >= 0.6 is 0 Å². The monoisotopic (exact) mass is 1270 g/mol. The van der Waals surface area contributed by atoms with Crippen molar-refractivity contribution in [1.29, 1.82) is 0 Å². The summed E-state index contributed by atoms with van der Waals surface area (Å²) in [6.45, 7) is 15.9. The first-order valence-corrected chi connectivity index (χ1v) is 33.8. The number of unbranched alkanes of at least 4 members (excludes halogenated alkanes) is 20. The van der Waals surface area contributed by atoms with Crippen LogP contribution in [0.5, 0.6) is 0 Å². The smallest absolute Gasteiger partial charge is 0.434 e. The van der Waals surface area contributed by atoms with Crippen LogP contribution in [0.15, 0.2) is 36.4 Å². The van der Waals surface area contributed by atoms with Crippen molar-refractivity contribution >= 4 is 59.7 Å². The van der Waals surface area contributed by atoms with E-state index in [2.05, 4.69) is 0 Å². The Bertz CT molecular complexity index is 2300. The molecule has 0 amide bonds. The molecule has 0 aliphatic heterocycles. The van der Waals surface area contributed by atoms with E-state index in [9.17, 15) is 38.4 Å². The van der Waals surface area contributed by atoms with Gasteiger partial charge < -0.3 is 37.9 Å². The zero-order valence-corrected chi connectivity index (χ0v) is 55.4. The van der Waals surface area contributed by atoms with Crippen LogP contribution in [0, 0.1) is 0 Å². The SMILES string of the molecule is CCCCCCC(OC(=O)OCCCCC)C(=O)c1cccc(C(=O)OOC(=O)c2cccc(C(=O)C(CCCCCC)OC(=O)OCCCCC)c2C(=O)C(CCCCCC)OC(=O)OCCCCC)c1C(=O)C(CCCCCC)OC(=O)OCCCCC. The summed E-state index contributed by atoms with van der Waals surface area (Å²) in [5, 5.41) is 0. The number of hydrogen-bond donors (Lipinski definition) is 0. The van der Waals surface area contributed by atoms with Gasteiger partial charge in [0.15, 0.2) is 24.4 Å². The Morgan fingerprint density at radius 2 is 0.500 bits per heavy atom. The van der Waals surface area contributed by atoms with E-state index in [1.807, 2.05) is 55.4 Å². The lowest BCUT2D eigenvalue weighted by Crippen LogP contribution is -2.34. The summed E-state index contributed by atoms with van der Waals surface area (Å²) in [5.41, 5.74) is -3.31. The van der Waals surface area contributed by atoms with Gasteiger partial charge in [0.2, 0.25) is 23.1 Å². The molecule has 0 aliphatic rings. The van der Waals surface area contributed by atoms with Crippen molar-refractivity contribution in [2.75, 3.05) is 26.4 Å². The number of carbonyl (C=O) groups is 10. The zero-order valence-electron chi connectivity index (χ0n) is 55.4. The molecule has 0 N–H and O–H groups in total. The van der Waals surface area contributed by atoms with Crippen LogP contribution < -0.4 is 0 Å². The number of rotatable bonds is 50. The van der Waals surface area contributed by atoms with Gasteiger partial charge in [0.1, 0.15) is 0 Å². The summed E-state index contributed by atoms with van der Waals surface area (Å²) in [6, 6.07) is 7.28. The van der Waals surface area contributed by atoms with Crippen LogP contribution in [0.25, 0.3) is 0 Å². The fraction of sp³-hybridized carbons (Fsp3) is 0.686. The van der Waals surface area contributed by atoms with Gasteiger partial charge in [0.25, 0.3) is 0 Å². The molecule has 20 heteroatoms. The Morgan fingerprint density at radius 1 is 0.278 bits per heavy atom. The van der Waals surface area contributed by atoms with Crippen molar-refractivity contribution < 1.29 is 95.6 Å². The van der Waals surface area contributed by atoms with Crippen LogP contribution in [0.2, 0.25) is 0 Å². The zero-order chi connectivity index (χ0) is 66.3. The molecular weight excluding hydrogens is 1160 g/mol. The van der Waals surface area contributed by atoms with Gasteiger partial charge in [-0.05, 0) is 89.2 Å². The second-order valence-corrected chi connectivity index (χ2v) is 22.7. The molecule has 0 heterocycles. The maximum atomic E-state index is 15.2. The van der Waals surface area contributed by atoms with E-state index >= 15 is 9.59 Å². The van der Waals surface area contributed by atoms with Gasteiger partial charge in [-0.3, -0.25) is 19.2 Å². The topological polar surface area (TPSA) is 263 Å². The lowest BCUT2D eigenvalue weighted by molar-refractivity contribution is -0.187. The first-order valence-electron chi connectivity index (χ1n) is 33.8. The first-order chi connectivity index (χ1) is 43.6. The minimum absolute atomic E-state index is 0.00303. The number of benzene rings is 2. The maximum Gasteiger partial charge on any atom is 0.508 e. The molecule has 2 rings (SSSR count). The van der Waals surface area contributed by atoms with Crippen molar-refractivity contribution in [2.24, 2.45) is 0 Å². The number of carbonyl (C=O) groups excluding carboxylic acids is 10. The first kappa shape index (κ1) is 79.2. The van der Waals surface area contributed by atoms with E-state index < -0.39 is 117 Å². The third-order valence-electron chi connectivity index (χ3n) is 15.1. The van der Waals surface area contributed by atoms with E-state index in [1.54, 1.807) is 0 Å². The summed E-state index contributed by atoms with van der Waals surface area (Å²) in [7, 11) is 0. The van der Waals surface area contributed by atoms with Crippen LogP contribution in [-0.4, -0.2) is 111 Å². The van der Waals surface area contributed by atoms with Crippen LogP contribution in [0.1, 0.15) is 323 Å². The Kier molecular flexibility index (Phi) is 43.1. The molecule has 20 nitrogen and oxygen atoms in total. The van der Waals surface area contributed by atoms with Crippen molar-refractivity contribution in [3.8, 4) is 0 Å². The third kappa shape index (κ3) is 30.8. The van der Waals surface area contributed by atoms with Crippen LogP contribution in [0.3, 0.4) is 0 Å². The summed E-state index contributed by atoms with van der Waals surface area (Å²) in [6.07, 6.45) is 8.27. The molecule has 506 valence electrons. The Morgan fingerprint density at radius 3 is 0.744 bits per heavy atom. The number of ether oxygens (including phenoxy) is 8. The van der Waals surface area contributed by atoms with Gasteiger partial charge in [-0.1, -0.05) is 208 Å². The van der Waals surface area contributed by atoms with Gasteiger partial charge >= 0.3 is 36.6 Å². The number of hydrogen-bond acceptors (Lipinski definition) is 20. The molecule has 0 spiro atoms. The van der Waals surface area contributed by atoms with Gasteiger partial charge in [-0.2, -0.15) is 0 Å². The van der Waals surface area contributed by atoms with Gasteiger partial charge in [0.05, 0.1) is 37.6 Å². The minimum Gasteiger partial charge on any atom is -0.434 e. The minimum atomic E-state index is -1.63. The highest BCUT2D eigenvalue weighted by Gasteiger charge is 2.39. The van der Waals surface area contributed by atoms with Crippen molar-refractivity contribution in [3.63, 3.8) is 0 Å². The number of Topliss-reactive ketones (excluding diaryl/α,β-unsaturated/α-hetero) is 4. The molecule has 2 aromatic rings. The molecule has 2 aromatic carbocycles. The van der Waals surface area contributed by atoms with Gasteiger partial charge in [0, 0.05) is 22.3 Å². The Labute approximate surface area is 534 Å². The summed E-state index contributed by atoms with van der Waals surface area (Å²) in [4.78, 5) is 153. The normalized spacial score (nSPS) is 12.3. The molecule has 90 heavy (non-hydrogen) atoms. The van der Waals surface area contributed by atoms with Crippen molar-refractivity contribution in [2.45, 2.75) is 285 Å². The molecule has 0 fully saturated rings. The average Bonchev–Trinajstić information content (AvgIpc) is 0.855. The molecule has 0 saturated carbocycles. The molecule has 0 radical (unpaired) electrons. The Balaban J connectivity index is 2.98. The van der Waals surface area contributed by atoms with Gasteiger partial charge in [-0.15, -0.1) is 0 Å². The highest BCUT2D eigenvalue weighted by atomic mass is 17.2. The van der Waals surface area contributed by atoms with Gasteiger partial charge in [-0.25, -0.2) is 38.5 Å². The number of ketones is 4. The molecule has 4 atom stereocenters. The second-order valence-electron chi connectivity index (χ2n) is 22.7. The largest absolute Gasteiger partial charge is 0.508 e. The summed E-state index contributed by atoms with van der Waals surface area (Å²) >= 11 is 0. The van der Waals surface area contributed by atoms with Crippen LogP contribution in [-0.2, 0) is 47.7 Å². The molecule has 0 aliphatic carbocycles. The Hall–Kier alpha value is -6.86. The molecule has 0 saturated heterocycles. The lowest BCUT2D eigenvalue weighted by atomic mass is 9.88. The molecule has 0 aromatic heterocycles. The van der Waals surface area contributed by atoms with Crippen molar-refractivity contribution in [3.05, 3.63) is 69.8 Å². The molecule has 4 unspecified atom stereocenters.